The van der Waals surface area contributed by atoms with Crippen LogP contribution in [-0.2, 0) is 10.0 Å². The molecule has 0 spiro atoms. The molecule has 3 N–H and O–H groups in total. The summed E-state index contributed by atoms with van der Waals surface area (Å²) in [4.78, 5) is 11.8. The summed E-state index contributed by atoms with van der Waals surface area (Å²) in [5.41, 5.74) is 0.307. The summed E-state index contributed by atoms with van der Waals surface area (Å²) in [5.74, 6) is 1.79. The molecule has 7 heteroatoms. The number of nitrogens with one attached hydrogen (secondary N) is 2. The maximum Gasteiger partial charge on any atom is 0.251 e. The number of rotatable bonds is 6. The molecule has 0 aliphatic carbocycles. The SMILES string of the molecule is C#CCNS(=O)(=O)c1ccc(C(=O)NC(C)CO)cc1. The molecule has 1 unspecified atom stereocenters. The van der Waals surface area contributed by atoms with Gasteiger partial charge in [-0.05, 0) is 31.2 Å². The number of benzene rings is 1. The third-order valence-electron chi connectivity index (χ3n) is 2.44. The van der Waals surface area contributed by atoms with Crippen LogP contribution in [0, 0.1) is 12.3 Å². The summed E-state index contributed by atoms with van der Waals surface area (Å²) >= 11 is 0. The molecule has 0 saturated heterocycles. The molecular weight excluding hydrogens is 280 g/mol. The number of aliphatic hydroxyl groups is 1. The number of hydrogen-bond acceptors (Lipinski definition) is 4. The van der Waals surface area contributed by atoms with Gasteiger partial charge < -0.3 is 10.4 Å². The number of carbonyl (C=O) groups excluding carboxylic acids is 1. The normalized spacial score (nSPS) is 12.4. The van der Waals surface area contributed by atoms with Crippen molar-refractivity contribution in [3.05, 3.63) is 29.8 Å². The van der Waals surface area contributed by atoms with E-state index in [4.69, 9.17) is 11.5 Å². The monoisotopic (exact) mass is 296 g/mol. The van der Waals surface area contributed by atoms with Crippen molar-refractivity contribution < 1.29 is 18.3 Å². The molecule has 0 bridgehead atoms. The fourth-order valence-corrected chi connectivity index (χ4v) is 2.29. The molecule has 20 heavy (non-hydrogen) atoms. The Morgan fingerprint density at radius 3 is 2.50 bits per heavy atom. The van der Waals surface area contributed by atoms with Crippen LogP contribution in [0.15, 0.2) is 29.2 Å². The topological polar surface area (TPSA) is 95.5 Å². The minimum atomic E-state index is -3.66. The van der Waals surface area contributed by atoms with Crippen LogP contribution in [0.25, 0.3) is 0 Å². The fourth-order valence-electron chi connectivity index (χ4n) is 1.36. The van der Waals surface area contributed by atoms with E-state index in [9.17, 15) is 13.2 Å². The first-order chi connectivity index (χ1) is 9.40. The summed E-state index contributed by atoms with van der Waals surface area (Å²) in [5, 5.41) is 11.4. The van der Waals surface area contributed by atoms with Crippen LogP contribution in [0.5, 0.6) is 0 Å². The maximum atomic E-state index is 11.8. The third kappa shape index (κ3) is 4.35. The zero-order valence-electron chi connectivity index (χ0n) is 11.0. The van der Waals surface area contributed by atoms with E-state index in [0.717, 1.165) is 0 Å². The second-order valence-electron chi connectivity index (χ2n) is 4.11. The predicted octanol–water partition coefficient (Wildman–Crippen LogP) is -0.291. The van der Waals surface area contributed by atoms with E-state index in [1.54, 1.807) is 6.92 Å². The molecular formula is C13H16N2O4S. The smallest absolute Gasteiger partial charge is 0.251 e. The van der Waals surface area contributed by atoms with Gasteiger partial charge in [-0.1, -0.05) is 5.92 Å². The molecule has 108 valence electrons. The number of terminal acetylenes is 1. The summed E-state index contributed by atoms with van der Waals surface area (Å²) in [6.07, 6.45) is 4.99. The lowest BCUT2D eigenvalue weighted by Crippen LogP contribution is -2.35. The van der Waals surface area contributed by atoms with Gasteiger partial charge in [0.25, 0.3) is 5.91 Å². The molecule has 1 amide bonds. The fraction of sp³-hybridized carbons (Fsp3) is 0.308. The van der Waals surface area contributed by atoms with Crippen molar-refractivity contribution in [1.29, 1.82) is 0 Å². The maximum absolute atomic E-state index is 11.8. The van der Waals surface area contributed by atoms with E-state index in [0.29, 0.717) is 5.56 Å². The summed E-state index contributed by atoms with van der Waals surface area (Å²) < 4.78 is 25.7. The molecule has 6 nitrogen and oxygen atoms in total. The standard InChI is InChI=1S/C13H16N2O4S/c1-3-8-14-20(18,19)12-6-4-11(5-7-12)13(17)15-10(2)9-16/h1,4-7,10,14,16H,8-9H2,2H3,(H,15,17). The second-order valence-corrected chi connectivity index (χ2v) is 5.88. The minimum Gasteiger partial charge on any atom is -0.394 e. The van der Waals surface area contributed by atoms with E-state index < -0.39 is 10.0 Å². The highest BCUT2D eigenvalue weighted by atomic mass is 32.2. The summed E-state index contributed by atoms with van der Waals surface area (Å²) in [7, 11) is -3.66. The number of carbonyl (C=O) groups is 1. The van der Waals surface area contributed by atoms with Gasteiger partial charge >= 0.3 is 0 Å². The van der Waals surface area contributed by atoms with Gasteiger partial charge in [0.1, 0.15) is 0 Å². The van der Waals surface area contributed by atoms with E-state index in [2.05, 4.69) is 16.0 Å². The van der Waals surface area contributed by atoms with Gasteiger partial charge in [0.2, 0.25) is 10.0 Å². The van der Waals surface area contributed by atoms with Crippen molar-refractivity contribution in [3.8, 4) is 12.3 Å². The average molecular weight is 296 g/mol. The van der Waals surface area contributed by atoms with Crippen LogP contribution in [0.1, 0.15) is 17.3 Å². The Morgan fingerprint density at radius 1 is 1.40 bits per heavy atom. The van der Waals surface area contributed by atoms with E-state index in [-0.39, 0.29) is 30.0 Å². The first kappa shape index (κ1) is 16.2. The van der Waals surface area contributed by atoms with Crippen LogP contribution in [0.2, 0.25) is 0 Å². The number of sulfonamides is 1. The quantitative estimate of drug-likeness (QED) is 0.629. The third-order valence-corrected chi connectivity index (χ3v) is 3.86. The van der Waals surface area contributed by atoms with Gasteiger partial charge in [-0.15, -0.1) is 6.42 Å². The Balaban J connectivity index is 2.84. The molecule has 0 radical (unpaired) electrons. The highest BCUT2D eigenvalue weighted by Gasteiger charge is 2.14. The first-order valence-corrected chi connectivity index (χ1v) is 7.34. The Morgan fingerprint density at radius 2 is 2.00 bits per heavy atom. The predicted molar refractivity (Wildman–Crippen MR) is 74.5 cm³/mol. The number of aliphatic hydroxyl groups excluding tert-OH is 1. The molecule has 0 aliphatic heterocycles. The molecule has 1 aromatic carbocycles. The summed E-state index contributed by atoms with van der Waals surface area (Å²) in [6, 6.07) is 5.05. The van der Waals surface area contributed by atoms with Crippen molar-refractivity contribution in [3.63, 3.8) is 0 Å². The average Bonchev–Trinajstić information content (AvgIpc) is 2.45. The highest BCUT2D eigenvalue weighted by molar-refractivity contribution is 7.89. The first-order valence-electron chi connectivity index (χ1n) is 5.85. The van der Waals surface area contributed by atoms with Crippen LogP contribution >= 0.6 is 0 Å². The number of hydrogen-bond donors (Lipinski definition) is 3. The summed E-state index contributed by atoms with van der Waals surface area (Å²) in [6.45, 7) is 1.38. The molecule has 0 saturated carbocycles. The van der Waals surface area contributed by atoms with Crippen LogP contribution in [0.4, 0.5) is 0 Å². The minimum absolute atomic E-state index is 0.0273. The lowest BCUT2D eigenvalue weighted by atomic mass is 10.2. The molecule has 0 aromatic heterocycles. The Kier molecular flexibility index (Phi) is 5.70. The van der Waals surface area contributed by atoms with Crippen molar-refractivity contribution >= 4 is 15.9 Å². The van der Waals surface area contributed by atoms with Crippen LogP contribution < -0.4 is 10.0 Å². The van der Waals surface area contributed by atoms with E-state index in [1.807, 2.05) is 0 Å². The van der Waals surface area contributed by atoms with E-state index in [1.165, 1.54) is 24.3 Å². The molecule has 0 fully saturated rings. The Hall–Kier alpha value is -1.88. The van der Waals surface area contributed by atoms with Gasteiger partial charge in [-0.25, -0.2) is 8.42 Å². The van der Waals surface area contributed by atoms with Crippen molar-refractivity contribution in [2.45, 2.75) is 17.9 Å². The van der Waals surface area contributed by atoms with Gasteiger partial charge in [0, 0.05) is 11.6 Å². The molecule has 1 aromatic rings. The zero-order chi connectivity index (χ0) is 15.2. The van der Waals surface area contributed by atoms with Crippen LogP contribution in [-0.4, -0.2) is 38.6 Å². The molecule has 0 heterocycles. The van der Waals surface area contributed by atoms with Crippen LogP contribution in [0.3, 0.4) is 0 Å². The van der Waals surface area contributed by atoms with Crippen molar-refractivity contribution in [1.82, 2.24) is 10.0 Å². The molecule has 1 rings (SSSR count). The largest absolute Gasteiger partial charge is 0.394 e. The van der Waals surface area contributed by atoms with Gasteiger partial charge in [-0.2, -0.15) is 4.72 Å². The Bertz CT molecular complexity index is 602. The highest BCUT2D eigenvalue weighted by Crippen LogP contribution is 2.10. The zero-order valence-corrected chi connectivity index (χ0v) is 11.8. The number of amides is 1. The van der Waals surface area contributed by atoms with E-state index >= 15 is 0 Å². The second kappa shape index (κ2) is 7.05. The Labute approximate surface area is 118 Å². The van der Waals surface area contributed by atoms with Gasteiger partial charge in [0.15, 0.2) is 0 Å². The van der Waals surface area contributed by atoms with Gasteiger partial charge in [0.05, 0.1) is 18.0 Å². The molecule has 1 atom stereocenters. The molecule has 0 aliphatic rings. The van der Waals surface area contributed by atoms with Crippen molar-refractivity contribution in [2.75, 3.05) is 13.2 Å². The van der Waals surface area contributed by atoms with Gasteiger partial charge in [-0.3, -0.25) is 4.79 Å². The van der Waals surface area contributed by atoms with Crippen molar-refractivity contribution in [2.24, 2.45) is 0 Å². The lowest BCUT2D eigenvalue weighted by molar-refractivity contribution is 0.0922. The lowest BCUT2D eigenvalue weighted by Gasteiger charge is -2.11.